The maximum absolute atomic E-state index is 12.3. The zero-order valence-corrected chi connectivity index (χ0v) is 11.8. The summed E-state index contributed by atoms with van der Waals surface area (Å²) in [6.07, 6.45) is 2.59. The normalized spacial score (nSPS) is 20.2. The predicted molar refractivity (Wildman–Crippen MR) is 69.5 cm³/mol. The molecule has 0 aromatic heterocycles. The number of carbonyl (C=O) groups is 3. The Labute approximate surface area is 113 Å². The highest BCUT2D eigenvalue weighted by atomic mass is 16.4. The van der Waals surface area contributed by atoms with Crippen molar-refractivity contribution in [3.63, 3.8) is 0 Å². The van der Waals surface area contributed by atoms with E-state index in [2.05, 4.69) is 0 Å². The number of amides is 2. The number of nitrogens with zero attached hydrogens (tertiary/aromatic N) is 2. The molecule has 2 amide bonds. The van der Waals surface area contributed by atoms with Crippen LogP contribution in [-0.4, -0.2) is 58.4 Å². The number of aliphatic carboxylic acids is 1. The van der Waals surface area contributed by atoms with Gasteiger partial charge in [0.1, 0.15) is 12.1 Å². The van der Waals surface area contributed by atoms with Gasteiger partial charge in [-0.05, 0) is 26.2 Å². The van der Waals surface area contributed by atoms with Gasteiger partial charge in [-0.15, -0.1) is 0 Å². The van der Waals surface area contributed by atoms with E-state index in [1.165, 1.54) is 18.9 Å². The maximum atomic E-state index is 12.3. The van der Waals surface area contributed by atoms with Crippen LogP contribution in [0.1, 0.15) is 39.5 Å². The fourth-order valence-electron chi connectivity index (χ4n) is 2.27. The lowest BCUT2D eigenvalue weighted by molar-refractivity contribution is -0.151. The molecular formula is C13H22N2O4. The molecular weight excluding hydrogens is 248 g/mol. The van der Waals surface area contributed by atoms with E-state index in [9.17, 15) is 14.4 Å². The standard InChI is InChI=1S/C13H22N2O4/c1-4-6-11(16)15-8-5-7-10(15)12(17)14(3)9(2)13(18)19/h9-10H,4-8H2,1-3H3,(H,18,19). The van der Waals surface area contributed by atoms with Gasteiger partial charge in [-0.3, -0.25) is 9.59 Å². The molecule has 108 valence electrons. The summed E-state index contributed by atoms with van der Waals surface area (Å²) in [7, 11) is 1.47. The number of hydrogen-bond donors (Lipinski definition) is 1. The summed E-state index contributed by atoms with van der Waals surface area (Å²) in [5, 5.41) is 8.93. The van der Waals surface area contributed by atoms with Crippen LogP contribution in [0.3, 0.4) is 0 Å². The Bertz CT molecular complexity index is 370. The predicted octanol–water partition coefficient (Wildman–Crippen LogP) is 0.709. The first kappa shape index (κ1) is 15.5. The molecule has 1 aliphatic rings. The second kappa shape index (κ2) is 6.54. The van der Waals surface area contributed by atoms with E-state index in [1.807, 2.05) is 6.92 Å². The highest BCUT2D eigenvalue weighted by molar-refractivity contribution is 5.90. The SMILES string of the molecule is CCCC(=O)N1CCCC1C(=O)N(C)C(C)C(=O)O. The number of hydrogen-bond acceptors (Lipinski definition) is 3. The summed E-state index contributed by atoms with van der Waals surface area (Å²) in [6, 6.07) is -1.37. The van der Waals surface area contributed by atoms with Crippen molar-refractivity contribution in [2.75, 3.05) is 13.6 Å². The lowest BCUT2D eigenvalue weighted by Crippen LogP contribution is -2.50. The molecule has 1 rings (SSSR count). The van der Waals surface area contributed by atoms with Crippen molar-refractivity contribution in [2.24, 2.45) is 0 Å². The van der Waals surface area contributed by atoms with Gasteiger partial charge in [0.25, 0.3) is 0 Å². The van der Waals surface area contributed by atoms with Gasteiger partial charge >= 0.3 is 5.97 Å². The van der Waals surface area contributed by atoms with Crippen LogP contribution < -0.4 is 0 Å². The van der Waals surface area contributed by atoms with Crippen LogP contribution in [0, 0.1) is 0 Å². The Balaban J connectivity index is 2.75. The Morgan fingerprint density at radius 2 is 2.05 bits per heavy atom. The zero-order chi connectivity index (χ0) is 14.6. The smallest absolute Gasteiger partial charge is 0.326 e. The second-order valence-electron chi connectivity index (χ2n) is 4.96. The molecule has 1 heterocycles. The molecule has 0 aliphatic carbocycles. The first-order valence-corrected chi connectivity index (χ1v) is 6.69. The van der Waals surface area contributed by atoms with Gasteiger partial charge in [0, 0.05) is 20.0 Å². The average molecular weight is 270 g/mol. The number of carboxylic acid groups (broad SMARTS) is 1. The lowest BCUT2D eigenvalue weighted by Gasteiger charge is -2.29. The molecule has 2 unspecified atom stereocenters. The van der Waals surface area contributed by atoms with Crippen LogP contribution >= 0.6 is 0 Å². The fraction of sp³-hybridized carbons (Fsp3) is 0.769. The van der Waals surface area contributed by atoms with Crippen LogP contribution in [0.15, 0.2) is 0 Å². The van der Waals surface area contributed by atoms with E-state index in [-0.39, 0.29) is 11.8 Å². The molecule has 0 radical (unpaired) electrons. The fourth-order valence-corrected chi connectivity index (χ4v) is 2.27. The van der Waals surface area contributed by atoms with E-state index >= 15 is 0 Å². The van der Waals surface area contributed by atoms with Gasteiger partial charge in [-0.25, -0.2) is 4.79 Å². The van der Waals surface area contributed by atoms with Crippen molar-refractivity contribution < 1.29 is 19.5 Å². The first-order valence-electron chi connectivity index (χ1n) is 6.69. The minimum Gasteiger partial charge on any atom is -0.480 e. The highest BCUT2D eigenvalue weighted by Crippen LogP contribution is 2.21. The average Bonchev–Trinajstić information content (AvgIpc) is 2.85. The third-order valence-electron chi connectivity index (χ3n) is 3.61. The summed E-state index contributed by atoms with van der Waals surface area (Å²) >= 11 is 0. The maximum Gasteiger partial charge on any atom is 0.326 e. The zero-order valence-electron chi connectivity index (χ0n) is 11.8. The summed E-state index contributed by atoms with van der Waals surface area (Å²) in [5.41, 5.74) is 0. The Kier molecular flexibility index (Phi) is 5.32. The molecule has 6 nitrogen and oxygen atoms in total. The van der Waals surface area contributed by atoms with Crippen LogP contribution in [-0.2, 0) is 14.4 Å². The van der Waals surface area contributed by atoms with E-state index in [0.717, 1.165) is 12.8 Å². The number of rotatable bonds is 5. The van der Waals surface area contributed by atoms with Gasteiger partial charge in [0.2, 0.25) is 11.8 Å². The monoisotopic (exact) mass is 270 g/mol. The Hall–Kier alpha value is -1.59. The second-order valence-corrected chi connectivity index (χ2v) is 4.96. The topological polar surface area (TPSA) is 77.9 Å². The van der Waals surface area contributed by atoms with Crippen molar-refractivity contribution in [2.45, 2.75) is 51.6 Å². The number of carbonyl (C=O) groups excluding carboxylic acids is 2. The minimum absolute atomic E-state index is 0.0188. The Morgan fingerprint density at radius 1 is 1.42 bits per heavy atom. The third kappa shape index (κ3) is 3.45. The summed E-state index contributed by atoms with van der Waals surface area (Å²) in [5.74, 6) is -1.34. The van der Waals surface area contributed by atoms with Crippen molar-refractivity contribution in [1.29, 1.82) is 0 Å². The first-order chi connectivity index (χ1) is 8.90. The quantitative estimate of drug-likeness (QED) is 0.798. The molecule has 0 spiro atoms. The number of likely N-dealkylation sites (tertiary alicyclic amines) is 1. The van der Waals surface area contributed by atoms with Gasteiger partial charge in [0.05, 0.1) is 0 Å². The van der Waals surface area contributed by atoms with Crippen molar-refractivity contribution in [3.05, 3.63) is 0 Å². The number of likely N-dealkylation sites (N-methyl/N-ethyl adjacent to an activating group) is 1. The van der Waals surface area contributed by atoms with E-state index in [4.69, 9.17) is 5.11 Å². The molecule has 1 fully saturated rings. The van der Waals surface area contributed by atoms with E-state index in [1.54, 1.807) is 4.90 Å². The van der Waals surface area contributed by atoms with Crippen molar-refractivity contribution >= 4 is 17.8 Å². The van der Waals surface area contributed by atoms with E-state index < -0.39 is 18.1 Å². The summed E-state index contributed by atoms with van der Waals surface area (Å²) in [6.45, 7) is 3.97. The van der Waals surface area contributed by atoms with E-state index in [0.29, 0.717) is 19.4 Å². The largest absolute Gasteiger partial charge is 0.480 e. The van der Waals surface area contributed by atoms with Crippen LogP contribution in [0.2, 0.25) is 0 Å². The molecule has 6 heteroatoms. The molecule has 19 heavy (non-hydrogen) atoms. The van der Waals surface area contributed by atoms with Gasteiger partial charge in [0.15, 0.2) is 0 Å². The molecule has 0 aromatic carbocycles. The van der Waals surface area contributed by atoms with Crippen molar-refractivity contribution in [3.8, 4) is 0 Å². The van der Waals surface area contributed by atoms with Gasteiger partial charge in [-0.2, -0.15) is 0 Å². The Morgan fingerprint density at radius 3 is 2.58 bits per heavy atom. The minimum atomic E-state index is -1.04. The van der Waals surface area contributed by atoms with Crippen LogP contribution in [0.5, 0.6) is 0 Å². The molecule has 0 bridgehead atoms. The lowest BCUT2D eigenvalue weighted by atomic mass is 10.1. The van der Waals surface area contributed by atoms with Crippen molar-refractivity contribution in [1.82, 2.24) is 9.80 Å². The van der Waals surface area contributed by atoms with Crippen LogP contribution in [0.4, 0.5) is 0 Å². The molecule has 2 atom stereocenters. The molecule has 0 aromatic rings. The van der Waals surface area contributed by atoms with Gasteiger partial charge < -0.3 is 14.9 Å². The van der Waals surface area contributed by atoms with Gasteiger partial charge in [-0.1, -0.05) is 6.92 Å². The summed E-state index contributed by atoms with van der Waals surface area (Å²) in [4.78, 5) is 37.9. The molecule has 1 N–H and O–H groups in total. The molecule has 0 saturated carbocycles. The number of carboxylic acids is 1. The highest BCUT2D eigenvalue weighted by Gasteiger charge is 2.37. The summed E-state index contributed by atoms with van der Waals surface area (Å²) < 4.78 is 0. The third-order valence-corrected chi connectivity index (χ3v) is 3.61. The van der Waals surface area contributed by atoms with Crippen LogP contribution in [0.25, 0.3) is 0 Å². The molecule has 1 aliphatic heterocycles. The molecule has 1 saturated heterocycles.